The molecule has 29 heavy (non-hydrogen) atoms. The quantitative estimate of drug-likeness (QED) is 0.213. The average molecular weight is 397 g/mol. The second kappa shape index (κ2) is 15.5. The molecule has 1 rings (SSSR count). The van der Waals surface area contributed by atoms with Gasteiger partial charge in [-0.2, -0.15) is 0 Å². The van der Waals surface area contributed by atoms with Gasteiger partial charge in [-0.05, 0) is 75.4 Å². The first-order valence-electron chi connectivity index (χ1n) is 10.5. The zero-order valence-electron chi connectivity index (χ0n) is 19.5. The van der Waals surface area contributed by atoms with Crippen molar-refractivity contribution in [2.24, 2.45) is 4.99 Å². The Morgan fingerprint density at radius 2 is 1.72 bits per heavy atom. The molecule has 0 aliphatic rings. The van der Waals surface area contributed by atoms with Crippen LogP contribution < -0.4 is 5.32 Å². The highest BCUT2D eigenvalue weighted by atomic mass is 16.1. The Hall–Kier alpha value is -2.42. The van der Waals surface area contributed by atoms with E-state index in [0.717, 1.165) is 31.5 Å². The first kappa shape index (κ1) is 26.6. The summed E-state index contributed by atoms with van der Waals surface area (Å²) in [6.07, 6.45) is 14.9. The van der Waals surface area contributed by atoms with E-state index >= 15 is 0 Å². The van der Waals surface area contributed by atoms with Crippen LogP contribution in [0.3, 0.4) is 0 Å². The molecule has 0 saturated carbocycles. The number of rotatable bonds is 8. The first-order chi connectivity index (χ1) is 13.7. The van der Waals surface area contributed by atoms with Crippen molar-refractivity contribution in [3.63, 3.8) is 0 Å². The maximum atomic E-state index is 11.5. The normalized spacial score (nSPS) is 12.4. The average Bonchev–Trinajstić information content (AvgIpc) is 2.68. The van der Waals surface area contributed by atoms with E-state index in [-0.39, 0.29) is 11.3 Å². The van der Waals surface area contributed by atoms with Gasteiger partial charge in [0.25, 0.3) is 0 Å². The standard InChI is InChI=1S/C15H21NO.C11H19N/c1-5-6-7-14(17)16-13-10-8-12(9-11-13)15(2,3)4;1-4-6-7-8-9-11(3)10-12-5-2/h6-11H,5H2,1-4H3,(H,16,17);4-6,9H,7-8,10H2,1-3H3/b7-6+;6-4-,11-9+,12-5?. The van der Waals surface area contributed by atoms with Crippen LogP contribution in [0.15, 0.2) is 65.2 Å². The van der Waals surface area contributed by atoms with Gasteiger partial charge in [0.2, 0.25) is 5.91 Å². The molecular weight excluding hydrogens is 356 g/mol. The van der Waals surface area contributed by atoms with E-state index in [4.69, 9.17) is 0 Å². The van der Waals surface area contributed by atoms with Crippen molar-refractivity contribution < 1.29 is 4.79 Å². The molecule has 0 fully saturated rings. The fraction of sp³-hybridized carbons (Fsp3) is 0.462. The van der Waals surface area contributed by atoms with Crippen LogP contribution >= 0.6 is 0 Å². The predicted octanol–water partition coefficient (Wildman–Crippen LogP) is 7.27. The van der Waals surface area contributed by atoms with Crippen LogP contribution in [0.1, 0.15) is 73.3 Å². The molecule has 1 aromatic carbocycles. The number of nitrogens with one attached hydrogen (secondary N) is 1. The summed E-state index contributed by atoms with van der Waals surface area (Å²) in [4.78, 5) is 15.6. The van der Waals surface area contributed by atoms with Gasteiger partial charge in [0.15, 0.2) is 0 Å². The number of aliphatic imine (C=N–C) groups is 1. The molecule has 1 aromatic rings. The lowest BCUT2D eigenvalue weighted by atomic mass is 9.87. The number of hydrogen-bond donors (Lipinski definition) is 1. The minimum Gasteiger partial charge on any atom is -0.323 e. The summed E-state index contributed by atoms with van der Waals surface area (Å²) in [6.45, 7) is 15.5. The summed E-state index contributed by atoms with van der Waals surface area (Å²) in [5, 5.41) is 2.83. The van der Waals surface area contributed by atoms with Gasteiger partial charge in [-0.25, -0.2) is 0 Å². The van der Waals surface area contributed by atoms with Crippen LogP contribution in [0.2, 0.25) is 0 Å². The third kappa shape index (κ3) is 14.3. The molecule has 0 aliphatic carbocycles. The summed E-state index contributed by atoms with van der Waals surface area (Å²) in [6, 6.07) is 7.99. The number of anilines is 1. The largest absolute Gasteiger partial charge is 0.323 e. The number of nitrogens with zero attached hydrogens (tertiary/aromatic N) is 1. The van der Waals surface area contributed by atoms with Crippen LogP contribution in [0, 0.1) is 0 Å². The van der Waals surface area contributed by atoms with Gasteiger partial charge < -0.3 is 5.32 Å². The number of allylic oxidation sites excluding steroid dienone is 4. The second-order valence-electron chi connectivity index (χ2n) is 7.92. The molecule has 0 bridgehead atoms. The van der Waals surface area contributed by atoms with Crippen molar-refractivity contribution in [3.8, 4) is 0 Å². The van der Waals surface area contributed by atoms with Crippen molar-refractivity contribution in [1.29, 1.82) is 0 Å². The summed E-state index contributed by atoms with van der Waals surface area (Å²) in [7, 11) is 0. The summed E-state index contributed by atoms with van der Waals surface area (Å²) in [5.41, 5.74) is 3.60. The highest BCUT2D eigenvalue weighted by Crippen LogP contribution is 2.23. The molecule has 0 radical (unpaired) electrons. The highest BCUT2D eigenvalue weighted by Gasteiger charge is 2.12. The molecule has 3 heteroatoms. The Kier molecular flexibility index (Phi) is 14.2. The van der Waals surface area contributed by atoms with E-state index in [2.05, 4.69) is 75.3 Å². The third-order valence-electron chi connectivity index (χ3n) is 4.11. The molecule has 0 atom stereocenters. The molecule has 0 heterocycles. The van der Waals surface area contributed by atoms with Crippen LogP contribution in [-0.4, -0.2) is 18.7 Å². The SMILES string of the molecule is CC/C=C/C(=O)Nc1ccc(C(C)(C)C)cc1.CC=NC/C(C)=C/CC/C=C\C. The highest BCUT2D eigenvalue weighted by molar-refractivity contribution is 5.99. The molecule has 0 saturated heterocycles. The Labute approximate surface area is 178 Å². The summed E-state index contributed by atoms with van der Waals surface area (Å²) in [5.74, 6) is -0.0737. The van der Waals surface area contributed by atoms with Crippen LogP contribution in [0.4, 0.5) is 5.69 Å². The van der Waals surface area contributed by atoms with Gasteiger partial charge in [-0.3, -0.25) is 9.79 Å². The van der Waals surface area contributed by atoms with E-state index in [9.17, 15) is 4.79 Å². The maximum Gasteiger partial charge on any atom is 0.248 e. The van der Waals surface area contributed by atoms with Crippen molar-refractivity contribution in [1.82, 2.24) is 0 Å². The minimum atomic E-state index is -0.0737. The monoisotopic (exact) mass is 396 g/mol. The van der Waals surface area contributed by atoms with Gasteiger partial charge in [-0.1, -0.05) is 69.7 Å². The Balaban J connectivity index is 0.000000578. The van der Waals surface area contributed by atoms with E-state index in [1.807, 2.05) is 38.3 Å². The second-order valence-corrected chi connectivity index (χ2v) is 7.92. The molecule has 160 valence electrons. The molecule has 1 amide bonds. The Bertz CT molecular complexity index is 686. The number of hydrogen-bond acceptors (Lipinski definition) is 2. The molecule has 0 aliphatic heterocycles. The topological polar surface area (TPSA) is 41.5 Å². The van der Waals surface area contributed by atoms with Gasteiger partial charge in [0.05, 0.1) is 6.54 Å². The predicted molar refractivity (Wildman–Crippen MR) is 130 cm³/mol. The van der Waals surface area contributed by atoms with E-state index in [0.29, 0.717) is 0 Å². The minimum absolute atomic E-state index is 0.0737. The lowest BCUT2D eigenvalue weighted by molar-refractivity contribution is -0.111. The molecule has 1 N–H and O–H groups in total. The van der Waals surface area contributed by atoms with Gasteiger partial charge >= 0.3 is 0 Å². The van der Waals surface area contributed by atoms with Crippen molar-refractivity contribution in [2.45, 2.75) is 73.1 Å². The summed E-state index contributed by atoms with van der Waals surface area (Å²) >= 11 is 0. The molecule has 3 nitrogen and oxygen atoms in total. The number of carbonyl (C=O) groups is 1. The van der Waals surface area contributed by atoms with Crippen LogP contribution in [0.25, 0.3) is 0 Å². The molecule has 0 aromatic heterocycles. The fourth-order valence-corrected chi connectivity index (χ4v) is 2.35. The molecular formula is C26H40N2O. The van der Waals surface area contributed by atoms with E-state index in [1.54, 1.807) is 6.08 Å². The summed E-state index contributed by atoms with van der Waals surface area (Å²) < 4.78 is 0. The smallest absolute Gasteiger partial charge is 0.248 e. The van der Waals surface area contributed by atoms with Gasteiger partial charge in [-0.15, -0.1) is 0 Å². The number of unbranched alkanes of at least 4 members (excludes halogenated alkanes) is 1. The van der Waals surface area contributed by atoms with Crippen LogP contribution in [0.5, 0.6) is 0 Å². The van der Waals surface area contributed by atoms with Gasteiger partial charge in [0, 0.05) is 5.69 Å². The van der Waals surface area contributed by atoms with Crippen molar-refractivity contribution in [3.05, 3.63) is 65.8 Å². The van der Waals surface area contributed by atoms with E-state index in [1.165, 1.54) is 11.1 Å². The van der Waals surface area contributed by atoms with Crippen molar-refractivity contribution >= 4 is 17.8 Å². The Morgan fingerprint density at radius 3 is 2.24 bits per heavy atom. The maximum absolute atomic E-state index is 11.5. The van der Waals surface area contributed by atoms with Crippen molar-refractivity contribution in [2.75, 3.05) is 11.9 Å². The zero-order chi connectivity index (χ0) is 22.1. The number of benzene rings is 1. The number of carbonyl (C=O) groups excluding carboxylic acids is 1. The van der Waals surface area contributed by atoms with Gasteiger partial charge in [0.1, 0.15) is 0 Å². The first-order valence-corrected chi connectivity index (χ1v) is 10.5. The molecule has 0 unspecified atom stereocenters. The third-order valence-corrected chi connectivity index (χ3v) is 4.11. The fourth-order valence-electron chi connectivity index (χ4n) is 2.35. The zero-order valence-corrected chi connectivity index (χ0v) is 19.5. The van der Waals surface area contributed by atoms with E-state index < -0.39 is 0 Å². The number of amides is 1. The lowest BCUT2D eigenvalue weighted by Gasteiger charge is -2.19. The Morgan fingerprint density at radius 1 is 1.07 bits per heavy atom. The molecule has 0 spiro atoms. The van der Waals surface area contributed by atoms with Crippen LogP contribution in [-0.2, 0) is 10.2 Å². The lowest BCUT2D eigenvalue weighted by Crippen LogP contribution is -2.12.